The van der Waals surface area contributed by atoms with Gasteiger partial charge in [-0.25, -0.2) is 9.69 Å². The molecule has 0 aromatic carbocycles. The van der Waals surface area contributed by atoms with Gasteiger partial charge in [0.15, 0.2) is 5.60 Å². The van der Waals surface area contributed by atoms with E-state index in [-0.39, 0.29) is 17.2 Å². The second-order valence-corrected chi connectivity index (χ2v) is 10.1. The van der Waals surface area contributed by atoms with E-state index in [1.54, 1.807) is 13.0 Å². The third-order valence-corrected chi connectivity index (χ3v) is 8.10. The number of imide groups is 1. The van der Waals surface area contributed by atoms with Gasteiger partial charge < -0.3 is 18.9 Å². The predicted molar refractivity (Wildman–Crippen MR) is 120 cm³/mol. The summed E-state index contributed by atoms with van der Waals surface area (Å²) in [7, 11) is 0. The molecule has 4 heterocycles. The van der Waals surface area contributed by atoms with Gasteiger partial charge in [0.25, 0.3) is 6.29 Å². The van der Waals surface area contributed by atoms with Crippen LogP contribution in [0.15, 0.2) is 12.2 Å². The lowest BCUT2D eigenvalue weighted by Crippen LogP contribution is -2.52. The lowest BCUT2D eigenvalue weighted by molar-refractivity contribution is -0.226. The number of esters is 3. The van der Waals surface area contributed by atoms with Gasteiger partial charge in [-0.15, -0.1) is 11.3 Å². The number of nitrogens with zero attached hydrogens (tertiary/aromatic N) is 1. The van der Waals surface area contributed by atoms with E-state index in [0.29, 0.717) is 6.42 Å². The Kier molecular flexibility index (Phi) is 5.79. The van der Waals surface area contributed by atoms with Crippen LogP contribution in [0.4, 0.5) is 5.00 Å². The Morgan fingerprint density at radius 3 is 2.49 bits per heavy atom. The van der Waals surface area contributed by atoms with E-state index < -0.39 is 59.6 Å². The van der Waals surface area contributed by atoms with Crippen LogP contribution in [0.1, 0.15) is 54.4 Å². The van der Waals surface area contributed by atoms with Crippen molar-refractivity contribution in [3.05, 3.63) is 28.2 Å². The summed E-state index contributed by atoms with van der Waals surface area (Å²) >= 11 is 1.26. The van der Waals surface area contributed by atoms with Crippen LogP contribution in [0.5, 0.6) is 0 Å². The fourth-order valence-electron chi connectivity index (χ4n) is 5.54. The van der Waals surface area contributed by atoms with E-state index in [1.807, 2.05) is 0 Å². The Balaban J connectivity index is 1.58. The second kappa shape index (κ2) is 8.56. The minimum Gasteiger partial charge on any atom is -0.462 e. The molecule has 186 valence electrons. The summed E-state index contributed by atoms with van der Waals surface area (Å²) in [4.78, 5) is 66.1. The molecule has 0 radical (unpaired) electrons. The number of aryl methyl sites for hydroxylation is 1. The molecule has 2 amide bonds. The van der Waals surface area contributed by atoms with E-state index in [9.17, 15) is 24.0 Å². The van der Waals surface area contributed by atoms with Crippen LogP contribution in [0.2, 0.25) is 0 Å². The first kappa shape index (κ1) is 23.7. The normalized spacial score (nSPS) is 28.3. The summed E-state index contributed by atoms with van der Waals surface area (Å²) in [5.74, 6) is -5.15. The zero-order chi connectivity index (χ0) is 25.1. The van der Waals surface area contributed by atoms with Gasteiger partial charge in [-0.2, -0.15) is 0 Å². The minimum absolute atomic E-state index is 0.158. The Labute approximate surface area is 205 Å². The number of anilines is 1. The van der Waals surface area contributed by atoms with Gasteiger partial charge in [0.1, 0.15) is 5.00 Å². The van der Waals surface area contributed by atoms with Gasteiger partial charge in [0.2, 0.25) is 11.8 Å². The standard InChI is InChI=1S/C24H25NO9S/c1-4-31-22(30)16-13-7-5-6-8-15(13)35-21(16)25-19(28)17-14-9-10-24(34-14,18(17)20(25)29)23(32-11(2)26)33-12(3)27/h9-10,14,17-18,23H,4-8H2,1-3H3/t14-,17-,18+,24-/m1/s1. The molecule has 10 nitrogen and oxygen atoms in total. The van der Waals surface area contributed by atoms with Crippen molar-refractivity contribution in [2.45, 2.75) is 64.4 Å². The molecule has 0 saturated carbocycles. The number of amides is 2. The summed E-state index contributed by atoms with van der Waals surface area (Å²) in [6.07, 6.45) is 4.10. The molecule has 11 heteroatoms. The molecule has 1 aliphatic carbocycles. The maximum absolute atomic E-state index is 13.9. The Bertz CT molecular complexity index is 1150. The number of ether oxygens (including phenoxy) is 4. The molecule has 2 bridgehead atoms. The summed E-state index contributed by atoms with van der Waals surface area (Å²) < 4.78 is 21.8. The molecule has 0 unspecified atom stereocenters. The van der Waals surface area contributed by atoms with Gasteiger partial charge >= 0.3 is 17.9 Å². The van der Waals surface area contributed by atoms with Gasteiger partial charge in [-0.3, -0.25) is 19.2 Å². The highest BCUT2D eigenvalue weighted by Gasteiger charge is 2.72. The SMILES string of the molecule is CCOC(=O)c1c(N2C(=O)[C@H]3[C@@H](C2=O)[C@@]2(C(OC(C)=O)OC(C)=O)C=C[C@H]3O2)sc2c1CCCC2. The van der Waals surface area contributed by atoms with Crippen molar-refractivity contribution >= 4 is 46.1 Å². The van der Waals surface area contributed by atoms with Crippen molar-refractivity contribution in [1.82, 2.24) is 0 Å². The molecule has 4 atom stereocenters. The van der Waals surface area contributed by atoms with Crippen LogP contribution < -0.4 is 4.90 Å². The maximum Gasteiger partial charge on any atom is 0.341 e. The van der Waals surface area contributed by atoms with Crippen molar-refractivity contribution in [2.24, 2.45) is 11.8 Å². The number of carbonyl (C=O) groups excluding carboxylic acids is 5. The molecule has 2 saturated heterocycles. The van der Waals surface area contributed by atoms with Crippen molar-refractivity contribution in [2.75, 3.05) is 11.5 Å². The molecule has 5 rings (SSSR count). The zero-order valence-corrected chi connectivity index (χ0v) is 20.3. The van der Waals surface area contributed by atoms with Crippen LogP contribution in [0.3, 0.4) is 0 Å². The van der Waals surface area contributed by atoms with Gasteiger partial charge in [-0.1, -0.05) is 6.08 Å². The van der Waals surface area contributed by atoms with Gasteiger partial charge in [0, 0.05) is 18.7 Å². The number of thiophene rings is 1. The predicted octanol–water partition coefficient (Wildman–Crippen LogP) is 2.07. The third kappa shape index (κ3) is 3.51. The van der Waals surface area contributed by atoms with Crippen molar-refractivity contribution in [3.63, 3.8) is 0 Å². The fourth-order valence-corrected chi connectivity index (χ4v) is 6.93. The van der Waals surface area contributed by atoms with E-state index in [1.165, 1.54) is 17.4 Å². The monoisotopic (exact) mass is 503 g/mol. The number of hydrogen-bond acceptors (Lipinski definition) is 10. The highest BCUT2D eigenvalue weighted by molar-refractivity contribution is 7.17. The van der Waals surface area contributed by atoms with Crippen molar-refractivity contribution in [3.8, 4) is 0 Å². The highest BCUT2D eigenvalue weighted by atomic mass is 32.1. The van der Waals surface area contributed by atoms with Crippen LogP contribution in [-0.2, 0) is 51.0 Å². The molecular weight excluding hydrogens is 478 g/mol. The quantitative estimate of drug-likeness (QED) is 0.248. The van der Waals surface area contributed by atoms with Crippen LogP contribution in [0.25, 0.3) is 0 Å². The lowest BCUT2D eigenvalue weighted by Gasteiger charge is -2.34. The van der Waals surface area contributed by atoms with E-state index in [0.717, 1.165) is 48.5 Å². The van der Waals surface area contributed by atoms with Crippen LogP contribution >= 0.6 is 11.3 Å². The smallest absolute Gasteiger partial charge is 0.341 e. The third-order valence-electron chi connectivity index (χ3n) is 6.83. The first-order valence-corrected chi connectivity index (χ1v) is 12.4. The molecule has 35 heavy (non-hydrogen) atoms. The molecular formula is C24H25NO9S. The zero-order valence-electron chi connectivity index (χ0n) is 19.5. The Morgan fingerprint density at radius 1 is 1.14 bits per heavy atom. The average molecular weight is 504 g/mol. The molecule has 3 aliphatic heterocycles. The molecule has 0 N–H and O–H groups in total. The summed E-state index contributed by atoms with van der Waals surface area (Å²) in [6, 6.07) is 0. The number of hydrogen-bond donors (Lipinski definition) is 0. The summed E-state index contributed by atoms with van der Waals surface area (Å²) in [5, 5.41) is 0.255. The first-order valence-electron chi connectivity index (χ1n) is 11.6. The Hall–Kier alpha value is -3.05. The number of fused-ring (bicyclic) bond motifs is 6. The van der Waals surface area contributed by atoms with Gasteiger partial charge in [0.05, 0.1) is 30.1 Å². The number of rotatable bonds is 6. The molecule has 4 aliphatic rings. The van der Waals surface area contributed by atoms with Crippen molar-refractivity contribution in [1.29, 1.82) is 0 Å². The number of carbonyl (C=O) groups is 5. The molecule has 1 aromatic rings. The molecule has 0 spiro atoms. The maximum atomic E-state index is 13.9. The Morgan fingerprint density at radius 2 is 1.83 bits per heavy atom. The minimum atomic E-state index is -1.64. The van der Waals surface area contributed by atoms with E-state index >= 15 is 0 Å². The van der Waals surface area contributed by atoms with Crippen LogP contribution in [-0.4, -0.2) is 54.3 Å². The van der Waals surface area contributed by atoms with E-state index in [4.69, 9.17) is 18.9 Å². The average Bonchev–Trinajstić information content (AvgIpc) is 3.52. The lowest BCUT2D eigenvalue weighted by atomic mass is 9.76. The summed E-state index contributed by atoms with van der Waals surface area (Å²) in [6.45, 7) is 4.14. The summed E-state index contributed by atoms with van der Waals surface area (Å²) in [5.41, 5.74) is -0.549. The van der Waals surface area contributed by atoms with Gasteiger partial charge in [-0.05, 0) is 44.2 Å². The molecule has 1 aromatic heterocycles. The topological polar surface area (TPSA) is 126 Å². The van der Waals surface area contributed by atoms with E-state index in [2.05, 4.69) is 0 Å². The second-order valence-electron chi connectivity index (χ2n) is 8.97. The molecule has 2 fully saturated rings. The fraction of sp³-hybridized carbons (Fsp3) is 0.542. The highest BCUT2D eigenvalue weighted by Crippen LogP contribution is 2.56. The van der Waals surface area contributed by atoms with Crippen LogP contribution in [0, 0.1) is 11.8 Å². The van der Waals surface area contributed by atoms with Crippen molar-refractivity contribution < 1.29 is 42.9 Å². The first-order chi connectivity index (χ1) is 16.7. The largest absolute Gasteiger partial charge is 0.462 e.